The predicted molar refractivity (Wildman–Crippen MR) is 62.3 cm³/mol. The van der Waals surface area contributed by atoms with Gasteiger partial charge < -0.3 is 9.84 Å². The van der Waals surface area contributed by atoms with Crippen LogP contribution in [-0.4, -0.2) is 24.4 Å². The number of phenolic OH excluding ortho intramolecular Hbond substituents is 1. The molecule has 1 rings (SSSR count). The van der Waals surface area contributed by atoms with E-state index in [0.29, 0.717) is 24.2 Å². The van der Waals surface area contributed by atoms with Gasteiger partial charge in [-0.05, 0) is 12.1 Å². The van der Waals surface area contributed by atoms with E-state index in [1.807, 2.05) is 0 Å². The Balaban J connectivity index is 3.13. The van der Waals surface area contributed by atoms with E-state index in [0.717, 1.165) is 0 Å². The van der Waals surface area contributed by atoms with Crippen molar-refractivity contribution in [2.24, 2.45) is 0 Å². The molecule has 16 heavy (non-hydrogen) atoms. The van der Waals surface area contributed by atoms with Crippen molar-refractivity contribution >= 4 is 17.9 Å². The summed E-state index contributed by atoms with van der Waals surface area (Å²) in [5.74, 6) is 6.21. The molecule has 0 saturated carbocycles. The van der Waals surface area contributed by atoms with Gasteiger partial charge in [0.25, 0.3) is 0 Å². The summed E-state index contributed by atoms with van der Waals surface area (Å²) in [5, 5.41) is 9.56. The minimum Gasteiger partial charge on any atom is -0.504 e. The first kappa shape index (κ1) is 12.4. The summed E-state index contributed by atoms with van der Waals surface area (Å²) in [6, 6.07) is 3.08. The van der Waals surface area contributed by atoms with Gasteiger partial charge >= 0.3 is 0 Å². The number of aromatic hydroxyl groups is 1. The molecule has 0 heterocycles. The normalized spacial score (nSPS) is 9.12. The topological polar surface area (TPSA) is 46.5 Å². The van der Waals surface area contributed by atoms with Crippen LogP contribution in [-0.2, 0) is 0 Å². The summed E-state index contributed by atoms with van der Waals surface area (Å²) in [6.07, 6.45) is 1.13. The lowest BCUT2D eigenvalue weighted by molar-refractivity contribution is 0.112. The van der Waals surface area contributed by atoms with Crippen molar-refractivity contribution in [1.82, 2.24) is 0 Å². The van der Waals surface area contributed by atoms with Crippen molar-refractivity contribution in [3.63, 3.8) is 0 Å². The van der Waals surface area contributed by atoms with Crippen molar-refractivity contribution in [1.29, 1.82) is 0 Å². The second-order valence-corrected chi connectivity index (χ2v) is 3.35. The molecule has 0 aromatic heterocycles. The number of halogens is 1. The monoisotopic (exact) mass is 238 g/mol. The molecule has 1 aromatic rings. The van der Waals surface area contributed by atoms with E-state index in [-0.39, 0.29) is 17.1 Å². The predicted octanol–water partition coefficient (Wildman–Crippen LogP) is 2.19. The fourth-order valence-electron chi connectivity index (χ4n) is 1.16. The number of phenols is 1. The summed E-state index contributed by atoms with van der Waals surface area (Å²) in [7, 11) is 1.42. The van der Waals surface area contributed by atoms with Gasteiger partial charge in [-0.2, -0.15) is 0 Å². The Morgan fingerprint density at radius 2 is 2.31 bits per heavy atom. The fourth-order valence-corrected chi connectivity index (χ4v) is 1.25. The molecule has 0 aliphatic carbocycles. The van der Waals surface area contributed by atoms with Gasteiger partial charge in [0.1, 0.15) is 0 Å². The van der Waals surface area contributed by atoms with Crippen molar-refractivity contribution in [2.45, 2.75) is 6.42 Å². The summed E-state index contributed by atoms with van der Waals surface area (Å²) in [5.41, 5.74) is 0.774. The number of hydrogen-bond acceptors (Lipinski definition) is 3. The molecule has 4 heteroatoms. The van der Waals surface area contributed by atoms with E-state index in [9.17, 15) is 9.90 Å². The van der Waals surface area contributed by atoms with Crippen LogP contribution in [0.25, 0.3) is 0 Å². The maximum Gasteiger partial charge on any atom is 0.168 e. The maximum atomic E-state index is 10.7. The third-order valence-electron chi connectivity index (χ3n) is 1.90. The third-order valence-corrected chi connectivity index (χ3v) is 2.09. The molecule has 1 aromatic carbocycles. The Bertz CT molecular complexity index is 444. The smallest absolute Gasteiger partial charge is 0.168 e. The van der Waals surface area contributed by atoms with E-state index < -0.39 is 0 Å². The van der Waals surface area contributed by atoms with Gasteiger partial charge in [-0.15, -0.1) is 11.6 Å². The number of carbonyl (C=O) groups is 1. The van der Waals surface area contributed by atoms with Gasteiger partial charge in [0.2, 0.25) is 0 Å². The van der Waals surface area contributed by atoms with Crippen molar-refractivity contribution in [3.05, 3.63) is 23.3 Å². The van der Waals surface area contributed by atoms with Gasteiger partial charge in [-0.25, -0.2) is 0 Å². The summed E-state index contributed by atoms with van der Waals surface area (Å²) in [6.45, 7) is 0. The lowest BCUT2D eigenvalue weighted by atomic mass is 10.1. The number of hydrogen-bond donors (Lipinski definition) is 1. The highest BCUT2D eigenvalue weighted by molar-refractivity contribution is 6.18. The molecule has 84 valence electrons. The van der Waals surface area contributed by atoms with Gasteiger partial charge in [0.05, 0.1) is 12.7 Å². The summed E-state index contributed by atoms with van der Waals surface area (Å²) in [4.78, 5) is 10.7. The summed E-state index contributed by atoms with van der Waals surface area (Å²) < 4.78 is 4.93. The van der Waals surface area contributed by atoms with Gasteiger partial charge in [-0.3, -0.25) is 4.79 Å². The highest BCUT2D eigenvalue weighted by atomic mass is 35.5. The Hall–Kier alpha value is -1.66. The lowest BCUT2D eigenvalue weighted by Gasteiger charge is -2.05. The van der Waals surface area contributed by atoms with E-state index >= 15 is 0 Å². The highest BCUT2D eigenvalue weighted by Crippen LogP contribution is 2.29. The molecule has 0 spiro atoms. The van der Waals surface area contributed by atoms with Crippen LogP contribution in [0.2, 0.25) is 0 Å². The van der Waals surface area contributed by atoms with Crippen molar-refractivity contribution in [2.75, 3.05) is 13.0 Å². The molecule has 1 N–H and O–H groups in total. The molecule has 0 atom stereocenters. The van der Waals surface area contributed by atoms with Crippen LogP contribution in [0.15, 0.2) is 12.1 Å². The SMILES string of the molecule is COc1cc(C#CCCCl)cc(C=O)c1O. The lowest BCUT2D eigenvalue weighted by Crippen LogP contribution is -1.90. The van der Waals surface area contributed by atoms with E-state index in [4.69, 9.17) is 16.3 Å². The Morgan fingerprint density at radius 3 is 2.88 bits per heavy atom. The Morgan fingerprint density at radius 1 is 1.56 bits per heavy atom. The quantitative estimate of drug-likeness (QED) is 0.499. The average molecular weight is 239 g/mol. The molecule has 0 amide bonds. The summed E-state index contributed by atoms with van der Waals surface area (Å²) >= 11 is 5.49. The van der Waals surface area contributed by atoms with E-state index in [1.54, 1.807) is 6.07 Å². The van der Waals surface area contributed by atoms with Gasteiger partial charge in [0, 0.05) is 17.9 Å². The van der Waals surface area contributed by atoms with Crippen LogP contribution in [0.5, 0.6) is 11.5 Å². The second-order valence-electron chi connectivity index (χ2n) is 2.97. The van der Waals surface area contributed by atoms with Crippen LogP contribution < -0.4 is 4.74 Å². The van der Waals surface area contributed by atoms with Crippen molar-refractivity contribution in [3.8, 4) is 23.3 Å². The number of methoxy groups -OCH3 is 1. The molecular weight excluding hydrogens is 228 g/mol. The number of benzene rings is 1. The van der Waals surface area contributed by atoms with Crippen molar-refractivity contribution < 1.29 is 14.6 Å². The van der Waals surface area contributed by atoms with E-state index in [2.05, 4.69) is 11.8 Å². The molecule has 0 radical (unpaired) electrons. The molecule has 0 saturated heterocycles. The molecule has 3 nitrogen and oxygen atoms in total. The Labute approximate surface area is 99.0 Å². The number of ether oxygens (including phenoxy) is 1. The zero-order valence-corrected chi connectivity index (χ0v) is 9.54. The molecule has 0 unspecified atom stereocenters. The standard InChI is InChI=1S/C12H11ClO3/c1-16-11-7-9(4-2-3-5-13)6-10(8-14)12(11)15/h6-8,15H,3,5H2,1H3. The van der Waals surface area contributed by atoms with Crippen LogP contribution in [0.3, 0.4) is 0 Å². The molecule has 0 fully saturated rings. The van der Waals surface area contributed by atoms with Crippen LogP contribution in [0.1, 0.15) is 22.3 Å². The number of alkyl halides is 1. The first-order valence-corrected chi connectivity index (χ1v) is 5.17. The molecule has 0 aliphatic rings. The molecule has 0 bridgehead atoms. The zero-order chi connectivity index (χ0) is 12.0. The van der Waals surface area contributed by atoms with Gasteiger partial charge in [-0.1, -0.05) is 11.8 Å². The molecular formula is C12H11ClO3. The molecule has 0 aliphatic heterocycles. The minimum atomic E-state index is -0.166. The largest absolute Gasteiger partial charge is 0.504 e. The maximum absolute atomic E-state index is 10.7. The third kappa shape index (κ3) is 2.91. The highest BCUT2D eigenvalue weighted by Gasteiger charge is 2.08. The Kier molecular flexibility index (Phi) is 4.68. The first-order valence-electron chi connectivity index (χ1n) is 4.64. The number of rotatable bonds is 3. The zero-order valence-electron chi connectivity index (χ0n) is 8.79. The average Bonchev–Trinajstić information content (AvgIpc) is 2.31. The minimum absolute atomic E-state index is 0.162. The van der Waals surface area contributed by atoms with Crippen LogP contribution in [0.4, 0.5) is 0 Å². The van der Waals surface area contributed by atoms with Crippen LogP contribution in [0, 0.1) is 11.8 Å². The van der Waals surface area contributed by atoms with E-state index in [1.165, 1.54) is 13.2 Å². The number of carbonyl (C=O) groups excluding carboxylic acids is 1. The number of aldehydes is 1. The second kappa shape index (κ2) is 6.04. The first-order chi connectivity index (χ1) is 7.72. The van der Waals surface area contributed by atoms with Crippen LogP contribution >= 0.6 is 11.6 Å². The fraction of sp³-hybridized carbons (Fsp3) is 0.250. The van der Waals surface area contributed by atoms with Gasteiger partial charge in [0.15, 0.2) is 17.8 Å².